The van der Waals surface area contributed by atoms with E-state index in [4.69, 9.17) is 11.6 Å². The van der Waals surface area contributed by atoms with Crippen molar-refractivity contribution < 1.29 is 9.59 Å². The molecule has 1 atom stereocenters. The van der Waals surface area contributed by atoms with Crippen molar-refractivity contribution >= 4 is 58.4 Å². The third-order valence-corrected chi connectivity index (χ3v) is 6.72. The zero-order valence-corrected chi connectivity index (χ0v) is 20.0. The average Bonchev–Trinajstić information content (AvgIpc) is 3.41. The first kappa shape index (κ1) is 22.9. The van der Waals surface area contributed by atoms with Gasteiger partial charge in [0.05, 0.1) is 10.4 Å². The maximum absolute atomic E-state index is 13.3. The Morgan fingerprint density at radius 2 is 1.74 bits per heavy atom. The summed E-state index contributed by atoms with van der Waals surface area (Å²) in [4.78, 5) is 26.7. The van der Waals surface area contributed by atoms with Crippen LogP contribution in [0.1, 0.15) is 11.1 Å². The van der Waals surface area contributed by atoms with Crippen molar-refractivity contribution in [1.29, 1.82) is 0 Å². The van der Waals surface area contributed by atoms with Gasteiger partial charge in [0.1, 0.15) is 17.4 Å². The molecule has 4 aromatic rings. The Balaban J connectivity index is 1.38. The smallest absolute Gasteiger partial charge is 0.271 e. The predicted molar refractivity (Wildman–Crippen MR) is 139 cm³/mol. The number of halogens is 1. The van der Waals surface area contributed by atoms with Crippen LogP contribution in [0.25, 0.3) is 23.2 Å². The fourth-order valence-corrected chi connectivity index (χ4v) is 4.81. The van der Waals surface area contributed by atoms with E-state index in [2.05, 4.69) is 15.7 Å². The highest BCUT2D eigenvalue weighted by Gasteiger charge is 2.36. The van der Waals surface area contributed by atoms with Gasteiger partial charge < -0.3 is 0 Å². The number of hydrazine groups is 1. The number of carbonyl (C=O) groups is 2. The Morgan fingerprint density at radius 1 is 1.00 bits per heavy atom. The molecule has 0 saturated carbocycles. The van der Waals surface area contributed by atoms with Gasteiger partial charge in [0.15, 0.2) is 0 Å². The fourth-order valence-electron chi connectivity index (χ4n) is 3.61. The molecule has 3 aromatic carbocycles. The highest BCUT2D eigenvalue weighted by atomic mass is 35.5. The SMILES string of the molecule is O=C(Cn1nnc2ccccc21)NN1C(=O)/C(=C/c2ccc(Cl)cc2)SC1/C=C/c1ccccc1. The Kier molecular flexibility index (Phi) is 6.65. The summed E-state index contributed by atoms with van der Waals surface area (Å²) >= 11 is 7.35. The molecule has 0 spiro atoms. The molecule has 0 bridgehead atoms. The maximum atomic E-state index is 13.3. The summed E-state index contributed by atoms with van der Waals surface area (Å²) in [6.45, 7) is -0.0691. The standard InChI is InChI=1S/C26H20ClN5O2S/c27-20-13-10-19(11-14-20)16-23-26(34)32(25(35-23)15-12-18-6-2-1-3-7-18)29-24(33)17-31-22-9-5-4-8-21(22)28-30-31/h1-16,25H,17H2,(H,29,33)/b15-12+,23-16-. The summed E-state index contributed by atoms with van der Waals surface area (Å²) in [5.41, 5.74) is 6.05. The molecule has 0 aliphatic carbocycles. The van der Waals surface area contributed by atoms with E-state index in [-0.39, 0.29) is 18.4 Å². The molecule has 1 fully saturated rings. The van der Waals surface area contributed by atoms with Crippen LogP contribution < -0.4 is 5.43 Å². The molecule has 5 rings (SSSR count). The van der Waals surface area contributed by atoms with Crippen LogP contribution in [0.4, 0.5) is 0 Å². The number of thioether (sulfide) groups is 1. The molecule has 1 N–H and O–H groups in total. The third-order valence-electron chi connectivity index (χ3n) is 5.31. The predicted octanol–water partition coefficient (Wildman–Crippen LogP) is 4.77. The number of nitrogens with one attached hydrogen (secondary N) is 1. The van der Waals surface area contributed by atoms with Crippen molar-refractivity contribution in [2.75, 3.05) is 0 Å². The Morgan fingerprint density at radius 3 is 2.54 bits per heavy atom. The van der Waals surface area contributed by atoms with Crippen LogP contribution in [-0.4, -0.2) is 37.2 Å². The lowest BCUT2D eigenvalue weighted by Crippen LogP contribution is -2.47. The van der Waals surface area contributed by atoms with E-state index in [0.717, 1.165) is 16.6 Å². The van der Waals surface area contributed by atoms with Crippen LogP contribution in [0.3, 0.4) is 0 Å². The number of hydrogen-bond acceptors (Lipinski definition) is 5. The molecule has 1 aliphatic rings. The minimum absolute atomic E-state index is 0.0691. The van der Waals surface area contributed by atoms with Crippen molar-refractivity contribution in [2.45, 2.75) is 11.9 Å². The molecular formula is C26H20ClN5O2S. The second-order valence-electron chi connectivity index (χ2n) is 7.78. The molecule has 0 radical (unpaired) electrons. The highest BCUT2D eigenvalue weighted by Crippen LogP contribution is 2.36. The van der Waals surface area contributed by atoms with E-state index in [1.807, 2.05) is 78.9 Å². The number of fused-ring (bicyclic) bond motifs is 1. The number of para-hydroxylation sites is 1. The molecular weight excluding hydrogens is 482 g/mol. The first-order valence-corrected chi connectivity index (χ1v) is 12.1. The van der Waals surface area contributed by atoms with Gasteiger partial charge in [-0.2, -0.15) is 0 Å². The van der Waals surface area contributed by atoms with Gasteiger partial charge >= 0.3 is 0 Å². The maximum Gasteiger partial charge on any atom is 0.280 e. The van der Waals surface area contributed by atoms with E-state index >= 15 is 0 Å². The molecule has 1 saturated heterocycles. The van der Waals surface area contributed by atoms with Crippen LogP contribution in [0, 0.1) is 0 Å². The van der Waals surface area contributed by atoms with Crippen LogP contribution in [0.5, 0.6) is 0 Å². The van der Waals surface area contributed by atoms with Gasteiger partial charge in [-0.05, 0) is 47.5 Å². The van der Waals surface area contributed by atoms with Gasteiger partial charge in [0, 0.05) is 5.02 Å². The monoisotopic (exact) mass is 501 g/mol. The number of carbonyl (C=O) groups excluding carboxylic acids is 2. The van der Waals surface area contributed by atoms with E-state index in [1.54, 1.807) is 18.2 Å². The average molecular weight is 502 g/mol. The zero-order chi connectivity index (χ0) is 24.2. The molecule has 1 unspecified atom stereocenters. The van der Waals surface area contributed by atoms with Gasteiger partial charge in [-0.25, -0.2) is 9.69 Å². The summed E-state index contributed by atoms with van der Waals surface area (Å²) in [5.74, 6) is -0.662. The van der Waals surface area contributed by atoms with E-state index in [0.29, 0.717) is 15.4 Å². The van der Waals surface area contributed by atoms with Crippen LogP contribution in [0.15, 0.2) is 89.8 Å². The molecule has 174 valence electrons. The summed E-state index contributed by atoms with van der Waals surface area (Å²) in [5, 5.41) is 9.70. The van der Waals surface area contributed by atoms with Gasteiger partial charge in [0.2, 0.25) is 0 Å². The number of nitrogens with zero attached hydrogens (tertiary/aromatic N) is 4. The number of benzene rings is 3. The van der Waals surface area contributed by atoms with Crippen molar-refractivity contribution in [3.63, 3.8) is 0 Å². The summed E-state index contributed by atoms with van der Waals surface area (Å²) in [6, 6.07) is 24.4. The Hall–Kier alpha value is -3.88. The molecule has 1 aromatic heterocycles. The number of hydrogen-bond donors (Lipinski definition) is 1. The number of aromatic nitrogens is 3. The molecule has 35 heavy (non-hydrogen) atoms. The minimum atomic E-state index is -0.419. The summed E-state index contributed by atoms with van der Waals surface area (Å²) in [7, 11) is 0. The fraction of sp³-hybridized carbons (Fsp3) is 0.0769. The van der Waals surface area contributed by atoms with Gasteiger partial charge in [-0.3, -0.25) is 15.0 Å². The molecule has 9 heteroatoms. The van der Waals surface area contributed by atoms with E-state index in [1.165, 1.54) is 21.5 Å². The van der Waals surface area contributed by atoms with E-state index < -0.39 is 5.37 Å². The highest BCUT2D eigenvalue weighted by molar-refractivity contribution is 8.05. The second-order valence-corrected chi connectivity index (χ2v) is 9.38. The van der Waals surface area contributed by atoms with Crippen LogP contribution in [-0.2, 0) is 16.1 Å². The zero-order valence-electron chi connectivity index (χ0n) is 18.4. The van der Waals surface area contributed by atoms with Crippen molar-refractivity contribution in [3.05, 3.63) is 106 Å². The lowest BCUT2D eigenvalue weighted by Gasteiger charge is -2.21. The van der Waals surface area contributed by atoms with Crippen LogP contribution in [0.2, 0.25) is 5.02 Å². The summed E-state index contributed by atoms with van der Waals surface area (Å²) < 4.78 is 1.51. The normalized spacial score (nSPS) is 17.1. The largest absolute Gasteiger partial charge is 0.280 e. The number of rotatable bonds is 6. The first-order chi connectivity index (χ1) is 17.1. The molecule has 2 amide bonds. The lowest BCUT2D eigenvalue weighted by atomic mass is 10.2. The lowest BCUT2D eigenvalue weighted by molar-refractivity contribution is -0.137. The van der Waals surface area contributed by atoms with E-state index in [9.17, 15) is 9.59 Å². The molecule has 2 heterocycles. The molecule has 1 aliphatic heterocycles. The van der Waals surface area contributed by atoms with Crippen molar-refractivity contribution in [2.24, 2.45) is 0 Å². The second kappa shape index (κ2) is 10.2. The molecule has 7 nitrogen and oxygen atoms in total. The first-order valence-electron chi connectivity index (χ1n) is 10.9. The van der Waals surface area contributed by atoms with Gasteiger partial charge in [0.25, 0.3) is 11.8 Å². The topological polar surface area (TPSA) is 80.1 Å². The minimum Gasteiger partial charge on any atom is -0.271 e. The Bertz CT molecular complexity index is 1430. The van der Waals surface area contributed by atoms with Gasteiger partial charge in [-0.15, -0.1) is 5.10 Å². The quantitative estimate of drug-likeness (QED) is 0.385. The van der Waals surface area contributed by atoms with Crippen molar-refractivity contribution in [3.8, 4) is 0 Å². The number of amides is 2. The third kappa shape index (κ3) is 5.29. The Labute approximate surface area is 211 Å². The summed E-state index contributed by atoms with van der Waals surface area (Å²) in [6.07, 6.45) is 5.62. The van der Waals surface area contributed by atoms with Gasteiger partial charge in [-0.1, -0.05) is 89.2 Å². The van der Waals surface area contributed by atoms with Crippen molar-refractivity contribution in [1.82, 2.24) is 25.4 Å². The van der Waals surface area contributed by atoms with Crippen LogP contribution >= 0.6 is 23.4 Å².